The van der Waals surface area contributed by atoms with Crippen LogP contribution in [0.3, 0.4) is 0 Å². The molecule has 0 amide bonds. The van der Waals surface area contributed by atoms with E-state index >= 15 is 0 Å². The number of benzene rings is 1. The lowest BCUT2D eigenvalue weighted by molar-refractivity contribution is 0.594. The first-order valence-electron chi connectivity index (χ1n) is 4.16. The topological polar surface area (TPSA) is 56.7 Å². The van der Waals surface area contributed by atoms with E-state index in [2.05, 4.69) is 10.2 Å². The Bertz CT molecular complexity index is 424. The molecule has 2 N–H and O–H groups in total. The molecule has 2 rings (SSSR count). The molecule has 0 radical (unpaired) electrons. The van der Waals surface area contributed by atoms with Gasteiger partial charge in [-0.2, -0.15) is 10.2 Å². The highest BCUT2D eigenvalue weighted by Crippen LogP contribution is 2.12. The van der Waals surface area contributed by atoms with E-state index in [-0.39, 0.29) is 5.82 Å². The van der Waals surface area contributed by atoms with Crippen LogP contribution in [0.15, 0.2) is 30.6 Å². The van der Waals surface area contributed by atoms with Crippen molar-refractivity contribution < 1.29 is 4.39 Å². The molecule has 0 unspecified atom stereocenters. The Hall–Kier alpha value is -1.75. The van der Waals surface area contributed by atoms with Crippen molar-refractivity contribution in [3.8, 4) is 5.69 Å². The first-order chi connectivity index (χ1) is 6.81. The first kappa shape index (κ1) is 8.83. The lowest BCUT2D eigenvalue weighted by Gasteiger charge is -2.03. The van der Waals surface area contributed by atoms with Gasteiger partial charge in [0.2, 0.25) is 0 Å². The number of aromatic nitrogens is 3. The molecular weight excluding hydrogens is 183 g/mol. The molecule has 0 spiro atoms. The summed E-state index contributed by atoms with van der Waals surface area (Å²) in [5.74, 6) is -0.371. The van der Waals surface area contributed by atoms with Crippen molar-refractivity contribution in [2.75, 3.05) is 0 Å². The molecule has 0 saturated heterocycles. The molecule has 0 saturated carbocycles. The fraction of sp³-hybridized carbons (Fsp3) is 0.111. The second-order valence-electron chi connectivity index (χ2n) is 2.81. The Kier molecular flexibility index (Phi) is 2.24. The van der Waals surface area contributed by atoms with Gasteiger partial charge in [-0.05, 0) is 17.7 Å². The van der Waals surface area contributed by atoms with Crippen LogP contribution in [0.25, 0.3) is 5.69 Å². The van der Waals surface area contributed by atoms with Gasteiger partial charge in [-0.1, -0.05) is 6.07 Å². The van der Waals surface area contributed by atoms with Crippen molar-refractivity contribution in [1.29, 1.82) is 0 Å². The SMILES string of the molecule is NCc1ccc(-n2nccn2)c(F)c1. The van der Waals surface area contributed by atoms with Gasteiger partial charge < -0.3 is 5.73 Å². The summed E-state index contributed by atoms with van der Waals surface area (Å²) >= 11 is 0. The van der Waals surface area contributed by atoms with Gasteiger partial charge in [0.15, 0.2) is 5.82 Å². The van der Waals surface area contributed by atoms with Gasteiger partial charge in [0, 0.05) is 6.54 Å². The Morgan fingerprint density at radius 1 is 1.29 bits per heavy atom. The van der Waals surface area contributed by atoms with Crippen LogP contribution < -0.4 is 5.73 Å². The molecular formula is C9H9FN4. The Balaban J connectivity index is 2.46. The number of nitrogens with two attached hydrogens (primary N) is 1. The second kappa shape index (κ2) is 3.55. The zero-order valence-electron chi connectivity index (χ0n) is 7.39. The molecule has 0 fully saturated rings. The molecule has 5 heteroatoms. The number of hydrogen-bond donors (Lipinski definition) is 1. The summed E-state index contributed by atoms with van der Waals surface area (Å²) in [7, 11) is 0. The van der Waals surface area contributed by atoms with Crippen molar-refractivity contribution >= 4 is 0 Å². The zero-order valence-corrected chi connectivity index (χ0v) is 7.39. The third-order valence-corrected chi connectivity index (χ3v) is 1.88. The standard InChI is InChI=1S/C9H9FN4/c10-8-5-7(6-11)1-2-9(8)14-12-3-4-13-14/h1-5H,6,11H2. The molecule has 0 atom stereocenters. The van der Waals surface area contributed by atoms with Crippen molar-refractivity contribution in [3.05, 3.63) is 42.0 Å². The maximum atomic E-state index is 13.4. The molecule has 1 aromatic carbocycles. The van der Waals surface area contributed by atoms with Gasteiger partial charge in [-0.25, -0.2) is 4.39 Å². The van der Waals surface area contributed by atoms with E-state index in [1.54, 1.807) is 12.1 Å². The van der Waals surface area contributed by atoms with Gasteiger partial charge in [0.25, 0.3) is 0 Å². The quantitative estimate of drug-likeness (QED) is 0.767. The van der Waals surface area contributed by atoms with E-state index in [1.807, 2.05) is 0 Å². The largest absolute Gasteiger partial charge is 0.326 e. The number of halogens is 1. The average molecular weight is 192 g/mol. The van der Waals surface area contributed by atoms with Crippen molar-refractivity contribution in [3.63, 3.8) is 0 Å². The van der Waals surface area contributed by atoms with E-state index in [4.69, 9.17) is 5.73 Å². The number of hydrogen-bond acceptors (Lipinski definition) is 3. The number of rotatable bonds is 2. The molecule has 14 heavy (non-hydrogen) atoms. The van der Waals surface area contributed by atoms with Crippen molar-refractivity contribution in [1.82, 2.24) is 15.0 Å². The van der Waals surface area contributed by atoms with Gasteiger partial charge >= 0.3 is 0 Å². The highest BCUT2D eigenvalue weighted by atomic mass is 19.1. The monoisotopic (exact) mass is 192 g/mol. The maximum absolute atomic E-state index is 13.4. The average Bonchev–Trinajstić information content (AvgIpc) is 2.70. The Labute approximate surface area is 80.2 Å². The van der Waals surface area contributed by atoms with Crippen LogP contribution in [-0.4, -0.2) is 15.0 Å². The third-order valence-electron chi connectivity index (χ3n) is 1.88. The molecule has 1 aromatic heterocycles. The van der Waals surface area contributed by atoms with Gasteiger partial charge in [-0.3, -0.25) is 0 Å². The lowest BCUT2D eigenvalue weighted by Crippen LogP contribution is -2.03. The normalized spacial score (nSPS) is 10.4. The van der Waals surface area contributed by atoms with Gasteiger partial charge in [-0.15, -0.1) is 4.80 Å². The molecule has 0 aliphatic heterocycles. The second-order valence-corrected chi connectivity index (χ2v) is 2.81. The van der Waals surface area contributed by atoms with Crippen molar-refractivity contribution in [2.24, 2.45) is 5.73 Å². The predicted molar refractivity (Wildman–Crippen MR) is 49.2 cm³/mol. The van der Waals surface area contributed by atoms with Crippen LogP contribution >= 0.6 is 0 Å². The molecule has 0 aliphatic carbocycles. The molecule has 0 bridgehead atoms. The summed E-state index contributed by atoms with van der Waals surface area (Å²) in [4.78, 5) is 1.23. The maximum Gasteiger partial charge on any atom is 0.151 e. The van der Waals surface area contributed by atoms with Gasteiger partial charge in [0.05, 0.1) is 12.4 Å². The zero-order chi connectivity index (χ0) is 9.97. The van der Waals surface area contributed by atoms with Crippen LogP contribution in [-0.2, 0) is 6.54 Å². The fourth-order valence-electron chi connectivity index (χ4n) is 1.18. The van der Waals surface area contributed by atoms with Crippen LogP contribution in [0.1, 0.15) is 5.56 Å². The molecule has 72 valence electrons. The van der Waals surface area contributed by atoms with Crippen LogP contribution in [0.4, 0.5) is 4.39 Å². The minimum atomic E-state index is -0.371. The van der Waals surface area contributed by atoms with Crippen LogP contribution in [0, 0.1) is 5.82 Å². The first-order valence-corrected chi connectivity index (χ1v) is 4.16. The van der Waals surface area contributed by atoms with Gasteiger partial charge in [0.1, 0.15) is 5.69 Å². The van der Waals surface area contributed by atoms with E-state index < -0.39 is 0 Å². The fourth-order valence-corrected chi connectivity index (χ4v) is 1.18. The third kappa shape index (κ3) is 1.49. The van der Waals surface area contributed by atoms with Crippen LogP contribution in [0.5, 0.6) is 0 Å². The minimum absolute atomic E-state index is 0.323. The smallest absolute Gasteiger partial charge is 0.151 e. The Morgan fingerprint density at radius 2 is 2.00 bits per heavy atom. The van der Waals surface area contributed by atoms with E-state index in [0.29, 0.717) is 12.2 Å². The minimum Gasteiger partial charge on any atom is -0.326 e. The van der Waals surface area contributed by atoms with Crippen LogP contribution in [0.2, 0.25) is 0 Å². The molecule has 1 heterocycles. The summed E-state index contributed by atoms with van der Waals surface area (Å²) in [5.41, 5.74) is 6.46. The summed E-state index contributed by atoms with van der Waals surface area (Å²) in [5, 5.41) is 7.67. The molecule has 2 aromatic rings. The van der Waals surface area contributed by atoms with E-state index in [0.717, 1.165) is 5.56 Å². The summed E-state index contributed by atoms with van der Waals surface area (Å²) in [6.45, 7) is 0.323. The van der Waals surface area contributed by atoms with E-state index in [1.165, 1.54) is 23.3 Å². The van der Waals surface area contributed by atoms with Crippen molar-refractivity contribution in [2.45, 2.75) is 6.54 Å². The molecule has 0 aliphatic rings. The summed E-state index contributed by atoms with van der Waals surface area (Å²) in [6.07, 6.45) is 2.99. The summed E-state index contributed by atoms with van der Waals surface area (Å²) in [6, 6.07) is 4.75. The highest BCUT2D eigenvalue weighted by Gasteiger charge is 2.05. The lowest BCUT2D eigenvalue weighted by atomic mass is 10.2. The molecule has 4 nitrogen and oxygen atoms in total. The Morgan fingerprint density at radius 3 is 2.57 bits per heavy atom. The summed E-state index contributed by atoms with van der Waals surface area (Å²) < 4.78 is 13.4. The van der Waals surface area contributed by atoms with E-state index in [9.17, 15) is 4.39 Å². The highest BCUT2D eigenvalue weighted by molar-refractivity contribution is 5.34. The number of nitrogens with zero attached hydrogens (tertiary/aromatic N) is 3. The predicted octanol–water partition coefficient (Wildman–Crippen LogP) is 0.865.